The maximum Gasteiger partial charge on any atom is 0.222 e. The standard InChI is InChI=1S/C21H25ClO6/c1-2-12-3-5-13(6-4-12)9-14-10-15(7-8-16(14)22)21(27)20(26)19(25)18(24)17(11-23)28-21/h3-8,10,17-20,23-27H,2,9,11H2,1H3/t17-,18-,19+,20-,21+/m1/s1. The van der Waals surface area contributed by atoms with Crippen LogP contribution in [-0.2, 0) is 23.4 Å². The average Bonchev–Trinajstić information content (AvgIpc) is 2.71. The third-order valence-electron chi connectivity index (χ3n) is 5.25. The van der Waals surface area contributed by atoms with Gasteiger partial charge in [0.1, 0.15) is 24.4 Å². The summed E-state index contributed by atoms with van der Waals surface area (Å²) in [5, 5.41) is 51.1. The minimum Gasteiger partial charge on any atom is -0.394 e. The Morgan fingerprint density at radius 3 is 2.25 bits per heavy atom. The lowest BCUT2D eigenvalue weighted by Crippen LogP contribution is -2.63. The predicted molar refractivity (Wildman–Crippen MR) is 104 cm³/mol. The summed E-state index contributed by atoms with van der Waals surface area (Å²) in [6, 6.07) is 12.7. The Kier molecular flexibility index (Phi) is 6.41. The van der Waals surface area contributed by atoms with E-state index in [1.165, 1.54) is 11.6 Å². The van der Waals surface area contributed by atoms with Gasteiger partial charge in [-0.1, -0.05) is 48.9 Å². The summed E-state index contributed by atoms with van der Waals surface area (Å²) < 4.78 is 5.38. The van der Waals surface area contributed by atoms with E-state index in [9.17, 15) is 25.5 Å². The lowest BCUT2D eigenvalue weighted by molar-refractivity contribution is -0.357. The number of halogens is 1. The van der Waals surface area contributed by atoms with Crippen LogP contribution in [0, 0.1) is 0 Å². The van der Waals surface area contributed by atoms with Crippen molar-refractivity contribution in [3.05, 3.63) is 69.7 Å². The molecule has 5 atom stereocenters. The van der Waals surface area contributed by atoms with E-state index in [0.717, 1.165) is 12.0 Å². The van der Waals surface area contributed by atoms with Crippen LogP contribution in [0.3, 0.4) is 0 Å². The Morgan fingerprint density at radius 1 is 1.00 bits per heavy atom. The molecular formula is C21H25ClO6. The molecule has 0 bridgehead atoms. The highest BCUT2D eigenvalue weighted by atomic mass is 35.5. The normalized spacial score (nSPS) is 30.4. The van der Waals surface area contributed by atoms with E-state index < -0.39 is 36.8 Å². The molecular weight excluding hydrogens is 384 g/mol. The summed E-state index contributed by atoms with van der Waals surface area (Å²) in [6.07, 6.45) is -4.82. The molecule has 1 heterocycles. The summed E-state index contributed by atoms with van der Waals surface area (Å²) in [6.45, 7) is 1.45. The molecule has 1 aliphatic heterocycles. The van der Waals surface area contributed by atoms with E-state index in [1.807, 2.05) is 24.3 Å². The molecule has 7 heteroatoms. The number of rotatable bonds is 5. The first-order valence-electron chi connectivity index (χ1n) is 9.22. The minimum atomic E-state index is -2.29. The third-order valence-corrected chi connectivity index (χ3v) is 5.62. The molecule has 0 spiro atoms. The second-order valence-corrected chi connectivity index (χ2v) is 7.52. The van der Waals surface area contributed by atoms with Crippen LogP contribution in [0.25, 0.3) is 0 Å². The quantitative estimate of drug-likeness (QED) is 0.507. The van der Waals surface area contributed by atoms with Crippen LogP contribution in [0.15, 0.2) is 42.5 Å². The first-order chi connectivity index (χ1) is 13.3. The first kappa shape index (κ1) is 21.2. The molecule has 0 radical (unpaired) electrons. The van der Waals surface area contributed by atoms with Crippen molar-refractivity contribution in [1.82, 2.24) is 0 Å². The van der Waals surface area contributed by atoms with Gasteiger partial charge in [0.05, 0.1) is 6.61 Å². The van der Waals surface area contributed by atoms with Crippen LogP contribution < -0.4 is 0 Å². The molecule has 2 aromatic rings. The predicted octanol–water partition coefficient (Wildman–Crippen LogP) is 1.11. The largest absolute Gasteiger partial charge is 0.394 e. The third kappa shape index (κ3) is 3.95. The van der Waals surface area contributed by atoms with Crippen LogP contribution in [0.5, 0.6) is 0 Å². The van der Waals surface area contributed by atoms with Crippen molar-refractivity contribution in [2.45, 2.75) is 50.0 Å². The van der Waals surface area contributed by atoms with E-state index in [0.29, 0.717) is 17.0 Å². The summed E-state index contributed by atoms with van der Waals surface area (Å²) in [5.41, 5.74) is 3.12. The lowest BCUT2D eigenvalue weighted by atomic mass is 9.87. The Morgan fingerprint density at radius 2 is 1.64 bits per heavy atom. The smallest absolute Gasteiger partial charge is 0.222 e. The van der Waals surface area contributed by atoms with Crippen molar-refractivity contribution in [2.24, 2.45) is 0 Å². The topological polar surface area (TPSA) is 110 Å². The summed E-state index contributed by atoms with van der Waals surface area (Å²) >= 11 is 6.32. The van der Waals surface area contributed by atoms with Gasteiger partial charge in [-0.3, -0.25) is 0 Å². The van der Waals surface area contributed by atoms with Gasteiger partial charge in [-0.2, -0.15) is 0 Å². The highest BCUT2D eigenvalue weighted by Crippen LogP contribution is 2.37. The first-order valence-corrected chi connectivity index (χ1v) is 9.60. The Bertz CT molecular complexity index is 809. The number of ether oxygens (including phenoxy) is 1. The van der Waals surface area contributed by atoms with Crippen molar-refractivity contribution in [3.8, 4) is 0 Å². The molecule has 6 nitrogen and oxygen atoms in total. The van der Waals surface area contributed by atoms with Crippen molar-refractivity contribution < 1.29 is 30.3 Å². The number of aliphatic hydroxyl groups is 5. The van der Waals surface area contributed by atoms with Crippen LogP contribution >= 0.6 is 11.6 Å². The number of aliphatic hydroxyl groups excluding tert-OH is 4. The summed E-state index contributed by atoms with van der Waals surface area (Å²) in [7, 11) is 0. The van der Waals surface area contributed by atoms with Gasteiger partial charge in [0, 0.05) is 10.6 Å². The average molecular weight is 409 g/mol. The van der Waals surface area contributed by atoms with Gasteiger partial charge < -0.3 is 30.3 Å². The molecule has 0 saturated carbocycles. The van der Waals surface area contributed by atoms with E-state index >= 15 is 0 Å². The Balaban J connectivity index is 1.92. The van der Waals surface area contributed by atoms with Crippen molar-refractivity contribution >= 4 is 11.6 Å². The molecule has 0 amide bonds. The van der Waals surface area contributed by atoms with Crippen molar-refractivity contribution in [2.75, 3.05) is 6.61 Å². The highest BCUT2D eigenvalue weighted by molar-refractivity contribution is 6.31. The summed E-state index contributed by atoms with van der Waals surface area (Å²) in [5.74, 6) is -2.29. The van der Waals surface area contributed by atoms with Crippen LogP contribution in [0.1, 0.15) is 29.2 Å². The zero-order valence-electron chi connectivity index (χ0n) is 15.5. The lowest BCUT2D eigenvalue weighted by Gasteiger charge is -2.45. The van der Waals surface area contributed by atoms with Crippen molar-refractivity contribution in [3.63, 3.8) is 0 Å². The number of aryl methyl sites for hydroxylation is 1. The SMILES string of the molecule is CCc1ccc(Cc2cc([C@]3(O)O[C@H](CO)[C@@H](O)[C@H](O)[C@H]3O)ccc2Cl)cc1. The van der Waals surface area contributed by atoms with Gasteiger partial charge in [0.15, 0.2) is 0 Å². The van der Waals surface area contributed by atoms with E-state index in [4.69, 9.17) is 16.3 Å². The van der Waals surface area contributed by atoms with Gasteiger partial charge in [-0.15, -0.1) is 0 Å². The Hall–Kier alpha value is -1.51. The van der Waals surface area contributed by atoms with Crippen molar-refractivity contribution in [1.29, 1.82) is 0 Å². The van der Waals surface area contributed by atoms with E-state index in [1.54, 1.807) is 12.1 Å². The van der Waals surface area contributed by atoms with Crippen LogP contribution in [0.4, 0.5) is 0 Å². The fraction of sp³-hybridized carbons (Fsp3) is 0.429. The molecule has 1 aliphatic rings. The monoisotopic (exact) mass is 408 g/mol. The number of hydrogen-bond acceptors (Lipinski definition) is 6. The zero-order chi connectivity index (χ0) is 20.5. The maximum absolute atomic E-state index is 11.0. The molecule has 28 heavy (non-hydrogen) atoms. The highest BCUT2D eigenvalue weighted by Gasteiger charge is 2.53. The molecule has 2 aromatic carbocycles. The van der Waals surface area contributed by atoms with Gasteiger partial charge in [-0.25, -0.2) is 0 Å². The fourth-order valence-electron chi connectivity index (χ4n) is 3.44. The second kappa shape index (κ2) is 8.47. The minimum absolute atomic E-state index is 0.175. The summed E-state index contributed by atoms with van der Waals surface area (Å²) in [4.78, 5) is 0. The number of hydrogen-bond donors (Lipinski definition) is 5. The zero-order valence-corrected chi connectivity index (χ0v) is 16.3. The molecule has 0 aliphatic carbocycles. The fourth-order valence-corrected chi connectivity index (χ4v) is 3.62. The maximum atomic E-state index is 11.0. The van der Waals surface area contributed by atoms with E-state index in [2.05, 4.69) is 6.92 Å². The molecule has 1 fully saturated rings. The Labute approximate surface area is 168 Å². The van der Waals surface area contributed by atoms with Crippen LogP contribution in [-0.4, -0.2) is 56.6 Å². The van der Waals surface area contributed by atoms with E-state index in [-0.39, 0.29) is 5.56 Å². The van der Waals surface area contributed by atoms with Crippen LogP contribution in [0.2, 0.25) is 5.02 Å². The van der Waals surface area contributed by atoms with Gasteiger partial charge in [0.2, 0.25) is 5.79 Å². The molecule has 0 aromatic heterocycles. The van der Waals surface area contributed by atoms with Gasteiger partial charge >= 0.3 is 0 Å². The number of benzene rings is 2. The molecule has 152 valence electrons. The molecule has 5 N–H and O–H groups in total. The van der Waals surface area contributed by atoms with Gasteiger partial charge in [0.25, 0.3) is 0 Å². The molecule has 3 rings (SSSR count). The second-order valence-electron chi connectivity index (χ2n) is 7.11. The van der Waals surface area contributed by atoms with Gasteiger partial charge in [-0.05, 0) is 41.7 Å². The molecule has 0 unspecified atom stereocenters. The molecule has 1 saturated heterocycles.